The molecule has 2 fully saturated rings. The highest BCUT2D eigenvalue weighted by Crippen LogP contribution is 2.38. The molecule has 1 N–H and O–H groups in total. The van der Waals surface area contributed by atoms with Crippen molar-refractivity contribution in [3.8, 4) is 0 Å². The second-order valence-corrected chi connectivity index (χ2v) is 8.16. The fraction of sp³-hybridized carbons (Fsp3) is 0.789. The van der Waals surface area contributed by atoms with Crippen LogP contribution in [0.25, 0.3) is 0 Å². The summed E-state index contributed by atoms with van der Waals surface area (Å²) >= 11 is 0. The number of hydrogen-bond acceptors (Lipinski definition) is 6. The average molecular weight is 377 g/mol. The van der Waals surface area contributed by atoms with Crippen molar-refractivity contribution in [2.75, 3.05) is 26.2 Å². The maximum absolute atomic E-state index is 12.9. The molecule has 8 nitrogen and oxygen atoms in total. The summed E-state index contributed by atoms with van der Waals surface area (Å²) in [4.78, 5) is 33.1. The van der Waals surface area contributed by atoms with Crippen molar-refractivity contribution in [3.63, 3.8) is 0 Å². The van der Waals surface area contributed by atoms with Gasteiger partial charge in [-0.2, -0.15) is 4.98 Å². The quantitative estimate of drug-likeness (QED) is 0.775. The van der Waals surface area contributed by atoms with Gasteiger partial charge >= 0.3 is 0 Å². The van der Waals surface area contributed by atoms with Crippen molar-refractivity contribution in [2.45, 2.75) is 65.0 Å². The molecular weight excluding hydrogens is 346 g/mol. The van der Waals surface area contributed by atoms with E-state index in [4.69, 9.17) is 4.52 Å². The Bertz CT molecular complexity index is 656. The van der Waals surface area contributed by atoms with E-state index >= 15 is 0 Å². The van der Waals surface area contributed by atoms with Gasteiger partial charge in [0, 0.05) is 39.0 Å². The van der Waals surface area contributed by atoms with E-state index in [1.54, 1.807) is 0 Å². The van der Waals surface area contributed by atoms with Gasteiger partial charge in [0.2, 0.25) is 17.7 Å². The summed E-state index contributed by atoms with van der Waals surface area (Å²) in [6.07, 6.45) is 3.85. The summed E-state index contributed by atoms with van der Waals surface area (Å²) in [6.45, 7) is 9.27. The van der Waals surface area contributed by atoms with Crippen LogP contribution < -0.4 is 5.32 Å². The Balaban J connectivity index is 1.54. The summed E-state index contributed by atoms with van der Waals surface area (Å²) in [6, 6.07) is -0.438. The zero-order valence-electron chi connectivity index (χ0n) is 16.6. The Hall–Kier alpha value is -1.96. The molecule has 1 saturated carbocycles. The SMILES string of the molecule is CC(=O)N[C@@H](CC(C)C)C(=O)N1CCCN(Cc2noc(C3CC3)n2)CC1. The zero-order valence-corrected chi connectivity index (χ0v) is 16.6. The topological polar surface area (TPSA) is 91.6 Å². The number of aromatic nitrogens is 2. The summed E-state index contributed by atoms with van der Waals surface area (Å²) in [5.74, 6) is 2.17. The van der Waals surface area contributed by atoms with Crippen LogP contribution in [0.2, 0.25) is 0 Å². The van der Waals surface area contributed by atoms with Crippen molar-refractivity contribution in [2.24, 2.45) is 5.92 Å². The molecule has 8 heteroatoms. The van der Waals surface area contributed by atoms with E-state index in [1.165, 1.54) is 6.92 Å². The minimum atomic E-state index is -0.438. The molecule has 0 unspecified atom stereocenters. The highest BCUT2D eigenvalue weighted by Gasteiger charge is 2.30. The Morgan fingerprint density at radius 3 is 2.67 bits per heavy atom. The fourth-order valence-corrected chi connectivity index (χ4v) is 3.54. The number of amides is 2. The highest BCUT2D eigenvalue weighted by atomic mass is 16.5. The predicted molar refractivity (Wildman–Crippen MR) is 99.8 cm³/mol. The molecule has 150 valence electrons. The van der Waals surface area contributed by atoms with Crippen LogP contribution in [0.3, 0.4) is 0 Å². The van der Waals surface area contributed by atoms with E-state index in [-0.39, 0.29) is 11.8 Å². The number of nitrogens with one attached hydrogen (secondary N) is 1. The van der Waals surface area contributed by atoms with Gasteiger partial charge < -0.3 is 14.7 Å². The maximum atomic E-state index is 12.9. The molecule has 1 saturated heterocycles. The number of rotatable bonds is 7. The monoisotopic (exact) mass is 377 g/mol. The zero-order chi connectivity index (χ0) is 19.4. The van der Waals surface area contributed by atoms with Crippen LogP contribution in [-0.2, 0) is 16.1 Å². The number of hydrogen-bond donors (Lipinski definition) is 1. The molecule has 0 radical (unpaired) electrons. The van der Waals surface area contributed by atoms with Gasteiger partial charge in [-0.15, -0.1) is 0 Å². The molecule has 2 amide bonds. The van der Waals surface area contributed by atoms with Crippen molar-refractivity contribution in [1.82, 2.24) is 25.3 Å². The molecule has 27 heavy (non-hydrogen) atoms. The van der Waals surface area contributed by atoms with Gasteiger partial charge in [-0.05, 0) is 31.6 Å². The minimum Gasteiger partial charge on any atom is -0.345 e. The second-order valence-electron chi connectivity index (χ2n) is 8.16. The molecule has 2 aliphatic rings. The van der Waals surface area contributed by atoms with Crippen LogP contribution in [-0.4, -0.2) is 64.0 Å². The maximum Gasteiger partial charge on any atom is 0.245 e. The van der Waals surface area contributed by atoms with Gasteiger partial charge in [-0.3, -0.25) is 14.5 Å². The lowest BCUT2D eigenvalue weighted by Crippen LogP contribution is -2.49. The molecule has 3 rings (SSSR count). The number of nitrogens with zero attached hydrogens (tertiary/aromatic N) is 4. The molecule has 1 aliphatic carbocycles. The van der Waals surface area contributed by atoms with Gasteiger partial charge in [0.05, 0.1) is 6.54 Å². The third kappa shape index (κ3) is 5.76. The van der Waals surface area contributed by atoms with Crippen LogP contribution in [0.1, 0.15) is 64.1 Å². The molecule has 1 aromatic heterocycles. The predicted octanol–water partition coefficient (Wildman–Crippen LogP) is 1.53. The third-order valence-electron chi connectivity index (χ3n) is 5.06. The van der Waals surface area contributed by atoms with Crippen LogP contribution in [0.5, 0.6) is 0 Å². The lowest BCUT2D eigenvalue weighted by atomic mass is 10.0. The van der Waals surface area contributed by atoms with E-state index in [0.717, 1.165) is 44.1 Å². The largest absolute Gasteiger partial charge is 0.345 e. The van der Waals surface area contributed by atoms with Crippen LogP contribution in [0.15, 0.2) is 4.52 Å². The molecule has 0 spiro atoms. The van der Waals surface area contributed by atoms with E-state index < -0.39 is 6.04 Å². The van der Waals surface area contributed by atoms with Crippen molar-refractivity contribution in [3.05, 3.63) is 11.7 Å². The van der Waals surface area contributed by atoms with Gasteiger partial charge in [0.15, 0.2) is 5.82 Å². The Labute approximate surface area is 160 Å². The van der Waals surface area contributed by atoms with Crippen LogP contribution in [0.4, 0.5) is 0 Å². The smallest absolute Gasteiger partial charge is 0.245 e. The average Bonchev–Trinajstić information content (AvgIpc) is 3.38. The first-order chi connectivity index (χ1) is 12.9. The van der Waals surface area contributed by atoms with E-state index in [0.29, 0.717) is 37.9 Å². The standard InChI is InChI=1S/C19H31N5O3/c1-13(2)11-16(20-14(3)25)19(26)24-8-4-7-23(9-10-24)12-17-21-18(27-22-17)15-5-6-15/h13,15-16H,4-12H2,1-3H3,(H,20,25)/t16-/m0/s1. The number of carbonyl (C=O) groups excluding carboxylic acids is 2. The Morgan fingerprint density at radius 1 is 1.22 bits per heavy atom. The third-order valence-corrected chi connectivity index (χ3v) is 5.06. The van der Waals surface area contributed by atoms with Crippen molar-refractivity contribution >= 4 is 11.8 Å². The minimum absolute atomic E-state index is 0.0244. The first-order valence-corrected chi connectivity index (χ1v) is 10.0. The lowest BCUT2D eigenvalue weighted by molar-refractivity contribution is -0.136. The highest BCUT2D eigenvalue weighted by molar-refractivity contribution is 5.86. The van der Waals surface area contributed by atoms with E-state index in [9.17, 15) is 9.59 Å². The first-order valence-electron chi connectivity index (χ1n) is 10.0. The van der Waals surface area contributed by atoms with Crippen LogP contribution in [0, 0.1) is 5.92 Å². The fourth-order valence-electron chi connectivity index (χ4n) is 3.54. The van der Waals surface area contributed by atoms with Crippen molar-refractivity contribution < 1.29 is 14.1 Å². The summed E-state index contributed by atoms with van der Waals surface area (Å²) in [5.41, 5.74) is 0. The van der Waals surface area contributed by atoms with Crippen LogP contribution >= 0.6 is 0 Å². The van der Waals surface area contributed by atoms with Gasteiger partial charge in [-0.1, -0.05) is 19.0 Å². The normalized spacial score (nSPS) is 19.8. The van der Waals surface area contributed by atoms with Gasteiger partial charge in [0.25, 0.3) is 0 Å². The summed E-state index contributed by atoms with van der Waals surface area (Å²) in [5, 5.41) is 6.92. The van der Waals surface area contributed by atoms with Crippen molar-refractivity contribution in [1.29, 1.82) is 0 Å². The Kier molecular flexibility index (Phi) is 6.46. The molecule has 0 bridgehead atoms. The van der Waals surface area contributed by atoms with Gasteiger partial charge in [-0.25, -0.2) is 0 Å². The second kappa shape index (κ2) is 8.82. The summed E-state index contributed by atoms with van der Waals surface area (Å²) in [7, 11) is 0. The number of carbonyl (C=O) groups is 2. The van der Waals surface area contributed by atoms with E-state index in [1.807, 2.05) is 4.90 Å². The Morgan fingerprint density at radius 2 is 2.00 bits per heavy atom. The molecular formula is C19H31N5O3. The molecule has 2 heterocycles. The van der Waals surface area contributed by atoms with Gasteiger partial charge in [0.1, 0.15) is 6.04 Å². The van der Waals surface area contributed by atoms with E-state index in [2.05, 4.69) is 34.2 Å². The first kappa shape index (κ1) is 19.8. The molecule has 1 aromatic rings. The lowest BCUT2D eigenvalue weighted by Gasteiger charge is -2.27. The molecule has 0 aromatic carbocycles. The molecule has 1 aliphatic heterocycles. The summed E-state index contributed by atoms with van der Waals surface area (Å²) < 4.78 is 5.33. The molecule has 1 atom stereocenters.